The second kappa shape index (κ2) is 1.81. The maximum absolute atomic E-state index is 10.2. The molecule has 0 aliphatic rings. The summed E-state index contributed by atoms with van der Waals surface area (Å²) in [6, 6.07) is 0.919. The zero-order valence-corrected chi connectivity index (χ0v) is 4.33. The Morgan fingerprint density at radius 1 is 1.67 bits per heavy atom. The predicted octanol–water partition coefficient (Wildman–Crippen LogP) is 1.12. The van der Waals surface area contributed by atoms with Gasteiger partial charge in [-0.1, -0.05) is 0 Å². The molecule has 0 amide bonds. The first-order chi connectivity index (χ1) is 4.20. The molecule has 1 heterocycles. The third-order valence-corrected chi connectivity index (χ3v) is 0.786. The van der Waals surface area contributed by atoms with Gasteiger partial charge in [0.1, 0.15) is 6.26 Å². The van der Waals surface area contributed by atoms with Gasteiger partial charge in [0.05, 0.1) is 0 Å². The molecule has 0 spiro atoms. The molecule has 1 aromatic heterocycles. The smallest absolute Gasteiger partial charge is 0.371 e. The Morgan fingerprint density at radius 3 is 2.56 bits per heavy atom. The van der Waals surface area contributed by atoms with Crippen molar-refractivity contribution in [1.82, 2.24) is 0 Å². The molecule has 4 heteroatoms. The number of carbonyl (C=O) groups is 1. The van der Waals surface area contributed by atoms with E-state index in [1.165, 1.54) is 0 Å². The van der Waals surface area contributed by atoms with Crippen molar-refractivity contribution in [2.24, 2.45) is 0 Å². The van der Waals surface area contributed by atoms with E-state index in [0.29, 0.717) is 0 Å². The van der Waals surface area contributed by atoms with Crippen molar-refractivity contribution in [2.75, 3.05) is 0 Å². The molecule has 0 fully saturated rings. The quantitative estimate of drug-likeness (QED) is 0.614. The molecule has 0 atom stereocenters. The monoisotopic (exact) mass is 127 g/mol. The second-order valence-corrected chi connectivity index (χ2v) is 1.45. The number of rotatable bonds is 1. The van der Waals surface area contributed by atoms with E-state index in [-0.39, 0.29) is 5.76 Å². The lowest BCUT2D eigenvalue weighted by Gasteiger charge is -1.78. The predicted molar refractivity (Wildman–Crippen MR) is 25.8 cm³/mol. The van der Waals surface area contributed by atoms with Crippen LogP contribution < -0.4 is 0 Å². The lowest BCUT2D eigenvalue weighted by molar-refractivity contribution is 0.0662. The first-order valence-corrected chi connectivity index (χ1v) is 2.19. The number of carboxylic acid groups (broad SMARTS) is 1. The van der Waals surface area contributed by atoms with Gasteiger partial charge in [-0.15, -0.1) is 0 Å². The van der Waals surface area contributed by atoms with Gasteiger partial charge in [-0.25, -0.2) is 4.79 Å². The largest absolute Gasteiger partial charge is 0.475 e. The molecule has 47 valence electrons. The van der Waals surface area contributed by atoms with Crippen LogP contribution in [0.5, 0.6) is 5.75 Å². The van der Waals surface area contributed by atoms with E-state index in [9.17, 15) is 9.90 Å². The van der Waals surface area contributed by atoms with Crippen LogP contribution in [0.2, 0.25) is 0 Å². The average Bonchev–Trinajstić information content (AvgIpc) is 2.14. The molecule has 0 aliphatic carbocycles. The molecule has 0 aliphatic heterocycles. The van der Waals surface area contributed by atoms with E-state index in [0.717, 1.165) is 12.3 Å². The van der Waals surface area contributed by atoms with Crippen LogP contribution in [-0.2, 0) is 5.11 Å². The maximum Gasteiger partial charge on any atom is 0.371 e. The van der Waals surface area contributed by atoms with Gasteiger partial charge in [0.15, 0.2) is 0 Å². The van der Waals surface area contributed by atoms with Gasteiger partial charge >= 0.3 is 5.97 Å². The first kappa shape index (κ1) is 5.68. The molecule has 0 saturated heterocycles. The standard InChI is InChI=1S/C5H3O4/c6-3-1-4(5(7)8)9-2-3/h1-2H,(H,7,8). The van der Waals surface area contributed by atoms with Crippen LogP contribution in [0.25, 0.3) is 0 Å². The fourth-order valence-corrected chi connectivity index (χ4v) is 0.431. The Kier molecular flexibility index (Phi) is 1.14. The highest BCUT2D eigenvalue weighted by Gasteiger charge is 2.07. The average molecular weight is 127 g/mol. The van der Waals surface area contributed by atoms with Crippen molar-refractivity contribution in [3.05, 3.63) is 18.1 Å². The van der Waals surface area contributed by atoms with Crippen LogP contribution in [0.3, 0.4) is 0 Å². The van der Waals surface area contributed by atoms with Gasteiger partial charge in [0.2, 0.25) is 11.5 Å². The Labute approximate surface area is 50.3 Å². The van der Waals surface area contributed by atoms with Crippen molar-refractivity contribution in [1.29, 1.82) is 0 Å². The molecular weight excluding hydrogens is 124 g/mol. The van der Waals surface area contributed by atoms with Gasteiger partial charge in [-0.3, -0.25) is 5.11 Å². The SMILES string of the molecule is [O]c1coc(C(=O)O)c1. The number of hydrogen-bond donors (Lipinski definition) is 1. The summed E-state index contributed by atoms with van der Waals surface area (Å²) in [5.74, 6) is -1.97. The molecule has 0 bridgehead atoms. The van der Waals surface area contributed by atoms with Crippen molar-refractivity contribution in [3.63, 3.8) is 0 Å². The molecule has 0 unspecified atom stereocenters. The van der Waals surface area contributed by atoms with Crippen LogP contribution in [0, 0.1) is 0 Å². The minimum absolute atomic E-state index is 0.319. The van der Waals surface area contributed by atoms with Gasteiger partial charge in [-0.2, -0.15) is 0 Å². The highest BCUT2D eigenvalue weighted by molar-refractivity contribution is 5.84. The summed E-state index contributed by atoms with van der Waals surface area (Å²) in [5, 5.41) is 18.4. The third kappa shape index (κ3) is 1.02. The lowest BCUT2D eigenvalue weighted by atomic mass is 10.4. The molecule has 1 rings (SSSR count). The van der Waals surface area contributed by atoms with Crippen LogP contribution in [0.4, 0.5) is 0 Å². The molecule has 1 N–H and O–H groups in total. The van der Waals surface area contributed by atoms with Gasteiger partial charge in [0.25, 0.3) is 0 Å². The maximum atomic E-state index is 10.2. The van der Waals surface area contributed by atoms with Gasteiger partial charge < -0.3 is 9.52 Å². The molecule has 9 heavy (non-hydrogen) atoms. The van der Waals surface area contributed by atoms with Gasteiger partial charge in [0, 0.05) is 6.07 Å². The van der Waals surface area contributed by atoms with E-state index in [2.05, 4.69) is 4.42 Å². The summed E-state index contributed by atoms with van der Waals surface area (Å²) in [7, 11) is 0. The molecule has 0 saturated carbocycles. The zero-order chi connectivity index (χ0) is 6.85. The van der Waals surface area contributed by atoms with Crippen molar-refractivity contribution >= 4 is 5.97 Å². The Morgan fingerprint density at radius 2 is 2.33 bits per heavy atom. The molecule has 1 radical (unpaired) electrons. The van der Waals surface area contributed by atoms with Crippen LogP contribution in [0.15, 0.2) is 16.7 Å². The molecule has 1 aromatic rings. The van der Waals surface area contributed by atoms with E-state index in [1.54, 1.807) is 0 Å². The summed E-state index contributed by atoms with van der Waals surface area (Å²) < 4.78 is 4.31. The van der Waals surface area contributed by atoms with E-state index in [1.807, 2.05) is 0 Å². The van der Waals surface area contributed by atoms with Crippen LogP contribution in [0.1, 0.15) is 10.6 Å². The number of carboxylic acids is 1. The highest BCUT2D eigenvalue weighted by atomic mass is 16.4. The number of furan rings is 1. The fraction of sp³-hybridized carbons (Fsp3) is 0. The second-order valence-electron chi connectivity index (χ2n) is 1.45. The summed E-state index contributed by atoms with van der Waals surface area (Å²) in [6.45, 7) is 0. The number of hydrogen-bond acceptors (Lipinski definition) is 2. The first-order valence-electron chi connectivity index (χ1n) is 2.19. The summed E-state index contributed by atoms with van der Waals surface area (Å²) in [4.78, 5) is 9.98. The van der Waals surface area contributed by atoms with Crippen LogP contribution >= 0.6 is 0 Å². The zero-order valence-electron chi connectivity index (χ0n) is 4.33. The van der Waals surface area contributed by atoms with E-state index >= 15 is 0 Å². The normalized spacial score (nSPS) is 9.33. The van der Waals surface area contributed by atoms with Crippen molar-refractivity contribution in [3.8, 4) is 5.75 Å². The van der Waals surface area contributed by atoms with Crippen molar-refractivity contribution < 1.29 is 19.4 Å². The van der Waals surface area contributed by atoms with Crippen molar-refractivity contribution in [2.45, 2.75) is 0 Å². The highest BCUT2D eigenvalue weighted by Crippen LogP contribution is 2.13. The van der Waals surface area contributed by atoms with Gasteiger partial charge in [-0.05, 0) is 0 Å². The molecule has 4 nitrogen and oxygen atoms in total. The fourth-order valence-electron chi connectivity index (χ4n) is 0.431. The summed E-state index contributed by atoms with van der Waals surface area (Å²) in [6.07, 6.45) is 0.851. The minimum atomic E-state index is -1.22. The summed E-state index contributed by atoms with van der Waals surface area (Å²) >= 11 is 0. The lowest BCUT2D eigenvalue weighted by Crippen LogP contribution is -1.91. The van der Waals surface area contributed by atoms with E-state index in [4.69, 9.17) is 5.11 Å². The molecular formula is C5H3O4. The Balaban J connectivity index is 2.98. The molecule has 0 aromatic carbocycles. The Bertz CT molecular complexity index is 225. The Hall–Kier alpha value is -1.45. The van der Waals surface area contributed by atoms with E-state index < -0.39 is 11.7 Å². The topological polar surface area (TPSA) is 70.3 Å². The summed E-state index contributed by atoms with van der Waals surface area (Å²) in [5.41, 5.74) is 0. The minimum Gasteiger partial charge on any atom is -0.475 e. The van der Waals surface area contributed by atoms with Crippen LogP contribution in [-0.4, -0.2) is 11.1 Å². The number of aromatic carboxylic acids is 1. The third-order valence-electron chi connectivity index (χ3n) is 0.786.